The molecule has 0 aromatic heterocycles. The van der Waals surface area contributed by atoms with Crippen LogP contribution in [0.4, 0.5) is 0 Å². The van der Waals surface area contributed by atoms with Crippen LogP contribution in [0.25, 0.3) is 0 Å². The van der Waals surface area contributed by atoms with Crippen molar-refractivity contribution in [1.82, 2.24) is 4.90 Å². The number of benzene rings is 2. The highest BCUT2D eigenvalue weighted by Gasteiger charge is 2.07. The number of ether oxygens (including phenoxy) is 1. The Bertz CT molecular complexity index is 619. The van der Waals surface area contributed by atoms with Crippen LogP contribution in [-0.2, 0) is 6.61 Å². The Hall–Kier alpha value is -1.71. The number of nitrogens with zero attached hydrogens (tertiary/aromatic N) is 1. The van der Waals surface area contributed by atoms with E-state index < -0.39 is 0 Å². The van der Waals surface area contributed by atoms with Crippen molar-refractivity contribution in [3.8, 4) is 5.75 Å². The summed E-state index contributed by atoms with van der Waals surface area (Å²) < 4.78 is 5.64. The zero-order valence-electron chi connectivity index (χ0n) is 11.8. The SMILES string of the molecule is CN(C)C(=O)c1ccc(COc2cc(Cl)cc(Cl)c2)cc1. The summed E-state index contributed by atoms with van der Waals surface area (Å²) >= 11 is 11.8. The second kappa shape index (κ2) is 6.83. The van der Waals surface area contributed by atoms with Gasteiger partial charge in [0, 0.05) is 29.7 Å². The van der Waals surface area contributed by atoms with Gasteiger partial charge in [-0.15, -0.1) is 0 Å². The maximum absolute atomic E-state index is 11.8. The number of hydrogen-bond acceptors (Lipinski definition) is 2. The third kappa shape index (κ3) is 4.38. The summed E-state index contributed by atoms with van der Waals surface area (Å²) in [6.45, 7) is 0.382. The molecule has 5 heteroatoms. The quantitative estimate of drug-likeness (QED) is 0.840. The summed E-state index contributed by atoms with van der Waals surface area (Å²) in [5, 5.41) is 1.06. The van der Waals surface area contributed by atoms with E-state index >= 15 is 0 Å². The van der Waals surface area contributed by atoms with Gasteiger partial charge in [-0.25, -0.2) is 0 Å². The Kier molecular flexibility index (Phi) is 5.10. The molecule has 0 atom stereocenters. The highest BCUT2D eigenvalue weighted by molar-refractivity contribution is 6.34. The minimum absolute atomic E-state index is 0.0240. The fourth-order valence-corrected chi connectivity index (χ4v) is 2.29. The number of carbonyl (C=O) groups excluding carboxylic acids is 1. The highest BCUT2D eigenvalue weighted by Crippen LogP contribution is 2.24. The van der Waals surface area contributed by atoms with Gasteiger partial charge in [0.05, 0.1) is 0 Å². The maximum Gasteiger partial charge on any atom is 0.253 e. The summed E-state index contributed by atoms with van der Waals surface area (Å²) in [6, 6.07) is 12.4. The van der Waals surface area contributed by atoms with Crippen LogP contribution in [0.1, 0.15) is 15.9 Å². The number of hydrogen-bond donors (Lipinski definition) is 0. The van der Waals surface area contributed by atoms with Crippen molar-refractivity contribution in [3.05, 3.63) is 63.6 Å². The largest absolute Gasteiger partial charge is 0.489 e. The molecule has 0 aliphatic carbocycles. The molecule has 0 aliphatic rings. The van der Waals surface area contributed by atoms with Gasteiger partial charge in [-0.3, -0.25) is 4.79 Å². The summed E-state index contributed by atoms with van der Waals surface area (Å²) in [5.41, 5.74) is 1.61. The first-order valence-corrected chi connectivity index (χ1v) is 7.11. The molecule has 0 radical (unpaired) electrons. The van der Waals surface area contributed by atoms with Crippen molar-refractivity contribution in [3.63, 3.8) is 0 Å². The van der Waals surface area contributed by atoms with Crippen molar-refractivity contribution in [2.75, 3.05) is 14.1 Å². The molecule has 0 saturated heterocycles. The third-order valence-electron chi connectivity index (χ3n) is 2.85. The maximum atomic E-state index is 11.8. The van der Waals surface area contributed by atoms with Gasteiger partial charge in [-0.1, -0.05) is 35.3 Å². The number of halogens is 2. The Morgan fingerprint density at radius 3 is 2.14 bits per heavy atom. The van der Waals surface area contributed by atoms with E-state index in [-0.39, 0.29) is 5.91 Å². The standard InChI is InChI=1S/C16H15Cl2NO2/c1-19(2)16(20)12-5-3-11(4-6-12)10-21-15-8-13(17)7-14(18)9-15/h3-9H,10H2,1-2H3. The smallest absolute Gasteiger partial charge is 0.253 e. The van der Waals surface area contributed by atoms with Crippen molar-refractivity contribution in [2.24, 2.45) is 0 Å². The van der Waals surface area contributed by atoms with Crippen LogP contribution in [0.2, 0.25) is 10.0 Å². The molecule has 2 aromatic rings. The lowest BCUT2D eigenvalue weighted by atomic mass is 10.1. The molecule has 0 aliphatic heterocycles. The summed E-state index contributed by atoms with van der Waals surface area (Å²) in [7, 11) is 3.45. The predicted molar refractivity (Wildman–Crippen MR) is 85.3 cm³/mol. The molecule has 110 valence electrons. The lowest BCUT2D eigenvalue weighted by molar-refractivity contribution is 0.0827. The Labute approximate surface area is 134 Å². The van der Waals surface area contributed by atoms with Crippen LogP contribution in [0.5, 0.6) is 5.75 Å². The van der Waals surface area contributed by atoms with Crippen LogP contribution < -0.4 is 4.74 Å². The van der Waals surface area contributed by atoms with E-state index in [2.05, 4.69) is 0 Å². The Morgan fingerprint density at radius 2 is 1.62 bits per heavy atom. The molecule has 0 unspecified atom stereocenters. The van der Waals surface area contributed by atoms with Crippen LogP contribution in [0.3, 0.4) is 0 Å². The number of rotatable bonds is 4. The summed E-state index contributed by atoms with van der Waals surface area (Å²) in [5.74, 6) is 0.588. The predicted octanol–water partition coefficient (Wildman–Crippen LogP) is 4.27. The minimum atomic E-state index is -0.0240. The molecule has 21 heavy (non-hydrogen) atoms. The number of amides is 1. The Morgan fingerprint density at radius 1 is 1.05 bits per heavy atom. The second-order valence-electron chi connectivity index (χ2n) is 4.79. The highest BCUT2D eigenvalue weighted by atomic mass is 35.5. The molecule has 0 bridgehead atoms. The zero-order chi connectivity index (χ0) is 15.4. The molecule has 0 N–H and O–H groups in total. The summed E-state index contributed by atoms with van der Waals surface area (Å²) in [4.78, 5) is 13.3. The first-order chi connectivity index (χ1) is 9.95. The van der Waals surface area contributed by atoms with E-state index in [1.54, 1.807) is 49.3 Å². The topological polar surface area (TPSA) is 29.5 Å². The van der Waals surface area contributed by atoms with Crippen molar-refractivity contribution >= 4 is 29.1 Å². The molecule has 2 rings (SSSR count). The van der Waals surface area contributed by atoms with Gasteiger partial charge >= 0.3 is 0 Å². The third-order valence-corrected chi connectivity index (χ3v) is 3.29. The monoisotopic (exact) mass is 323 g/mol. The lowest BCUT2D eigenvalue weighted by Crippen LogP contribution is -2.21. The summed E-state index contributed by atoms with van der Waals surface area (Å²) in [6.07, 6.45) is 0. The van der Waals surface area contributed by atoms with E-state index in [0.717, 1.165) is 5.56 Å². The van der Waals surface area contributed by atoms with Gasteiger partial charge in [-0.2, -0.15) is 0 Å². The molecule has 3 nitrogen and oxygen atoms in total. The van der Waals surface area contributed by atoms with Crippen molar-refractivity contribution < 1.29 is 9.53 Å². The van der Waals surface area contributed by atoms with Crippen molar-refractivity contribution in [1.29, 1.82) is 0 Å². The normalized spacial score (nSPS) is 10.3. The molecule has 2 aromatic carbocycles. The van der Waals surface area contributed by atoms with E-state index in [1.165, 1.54) is 0 Å². The average Bonchev–Trinajstić information content (AvgIpc) is 2.44. The Balaban J connectivity index is 2.02. The van der Waals surface area contributed by atoms with Crippen LogP contribution in [-0.4, -0.2) is 24.9 Å². The van der Waals surface area contributed by atoms with E-state index in [0.29, 0.717) is 28.0 Å². The van der Waals surface area contributed by atoms with Gasteiger partial charge in [0.2, 0.25) is 0 Å². The first-order valence-electron chi connectivity index (χ1n) is 6.35. The second-order valence-corrected chi connectivity index (χ2v) is 5.66. The fourth-order valence-electron chi connectivity index (χ4n) is 1.78. The van der Waals surface area contributed by atoms with Gasteiger partial charge in [-0.05, 0) is 35.9 Å². The molecule has 0 fully saturated rings. The van der Waals surface area contributed by atoms with E-state index in [1.807, 2.05) is 12.1 Å². The molecule has 0 spiro atoms. The van der Waals surface area contributed by atoms with Crippen molar-refractivity contribution in [2.45, 2.75) is 6.61 Å². The lowest BCUT2D eigenvalue weighted by Gasteiger charge is -2.11. The molecule has 0 saturated carbocycles. The van der Waals surface area contributed by atoms with Gasteiger partial charge in [0.25, 0.3) is 5.91 Å². The zero-order valence-corrected chi connectivity index (χ0v) is 13.3. The van der Waals surface area contributed by atoms with Gasteiger partial charge in [0.1, 0.15) is 12.4 Å². The van der Waals surface area contributed by atoms with E-state index in [4.69, 9.17) is 27.9 Å². The number of carbonyl (C=O) groups is 1. The first kappa shape index (κ1) is 15.7. The fraction of sp³-hybridized carbons (Fsp3) is 0.188. The van der Waals surface area contributed by atoms with Crippen LogP contribution >= 0.6 is 23.2 Å². The van der Waals surface area contributed by atoms with Gasteiger partial charge < -0.3 is 9.64 Å². The van der Waals surface area contributed by atoms with Crippen LogP contribution in [0.15, 0.2) is 42.5 Å². The van der Waals surface area contributed by atoms with Gasteiger partial charge in [0.15, 0.2) is 0 Å². The average molecular weight is 324 g/mol. The van der Waals surface area contributed by atoms with Crippen LogP contribution in [0, 0.1) is 0 Å². The minimum Gasteiger partial charge on any atom is -0.489 e. The molecule has 1 amide bonds. The van der Waals surface area contributed by atoms with E-state index in [9.17, 15) is 4.79 Å². The molecular formula is C16H15Cl2NO2. The molecular weight excluding hydrogens is 309 g/mol. The molecule has 0 heterocycles.